The van der Waals surface area contributed by atoms with Gasteiger partial charge in [-0.25, -0.2) is 0 Å². The SMILES string of the molecule is COc1cc(Cl)ccc1NC(=S)N(Cc1cn(C)c2ccccc12)C(C)C. The number of methoxy groups -OCH3 is 1. The number of rotatable bonds is 5. The molecule has 0 fully saturated rings. The van der Waals surface area contributed by atoms with Crippen molar-refractivity contribution >= 4 is 45.5 Å². The first-order valence-electron chi connectivity index (χ1n) is 8.84. The van der Waals surface area contributed by atoms with E-state index in [0.717, 1.165) is 12.2 Å². The minimum atomic E-state index is 0.238. The fraction of sp³-hybridized carbons (Fsp3) is 0.286. The van der Waals surface area contributed by atoms with E-state index in [4.69, 9.17) is 28.6 Å². The van der Waals surface area contributed by atoms with Crippen molar-refractivity contribution in [2.75, 3.05) is 12.4 Å². The van der Waals surface area contributed by atoms with Gasteiger partial charge in [0.15, 0.2) is 5.11 Å². The number of halogens is 1. The average Bonchev–Trinajstić information content (AvgIpc) is 2.97. The molecule has 0 bridgehead atoms. The molecular weight excluding hydrogens is 378 g/mol. The van der Waals surface area contributed by atoms with E-state index in [2.05, 4.69) is 66.1 Å². The number of hydrogen-bond acceptors (Lipinski definition) is 2. The van der Waals surface area contributed by atoms with Crippen LogP contribution < -0.4 is 10.1 Å². The van der Waals surface area contributed by atoms with Crippen molar-refractivity contribution in [2.45, 2.75) is 26.4 Å². The molecule has 0 aliphatic rings. The molecule has 0 saturated carbocycles. The molecule has 142 valence electrons. The number of para-hydroxylation sites is 1. The first-order chi connectivity index (χ1) is 12.9. The van der Waals surface area contributed by atoms with Crippen LogP contribution in [0, 0.1) is 0 Å². The molecule has 1 aromatic heterocycles. The van der Waals surface area contributed by atoms with Crippen molar-refractivity contribution in [3.8, 4) is 5.75 Å². The Bertz CT molecular complexity index is 967. The zero-order chi connectivity index (χ0) is 19.6. The molecule has 27 heavy (non-hydrogen) atoms. The van der Waals surface area contributed by atoms with Crippen LogP contribution >= 0.6 is 23.8 Å². The molecule has 0 aliphatic carbocycles. The first-order valence-corrected chi connectivity index (χ1v) is 9.63. The second-order valence-corrected chi connectivity index (χ2v) is 7.60. The molecule has 2 aromatic carbocycles. The van der Waals surface area contributed by atoms with Gasteiger partial charge in [-0.2, -0.15) is 0 Å². The van der Waals surface area contributed by atoms with Gasteiger partial charge < -0.3 is 19.5 Å². The summed E-state index contributed by atoms with van der Waals surface area (Å²) in [5.41, 5.74) is 3.26. The van der Waals surface area contributed by atoms with E-state index in [1.165, 1.54) is 16.5 Å². The molecular formula is C21H24ClN3OS. The van der Waals surface area contributed by atoms with Crippen molar-refractivity contribution in [1.82, 2.24) is 9.47 Å². The molecule has 4 nitrogen and oxygen atoms in total. The highest BCUT2D eigenvalue weighted by Gasteiger charge is 2.18. The summed E-state index contributed by atoms with van der Waals surface area (Å²) in [5, 5.41) is 5.84. The van der Waals surface area contributed by atoms with Crippen LogP contribution in [0.3, 0.4) is 0 Å². The topological polar surface area (TPSA) is 29.4 Å². The van der Waals surface area contributed by atoms with E-state index in [1.54, 1.807) is 13.2 Å². The molecule has 1 heterocycles. The number of aromatic nitrogens is 1. The van der Waals surface area contributed by atoms with Gasteiger partial charge in [-0.1, -0.05) is 29.8 Å². The van der Waals surface area contributed by atoms with Crippen LogP contribution in [0.5, 0.6) is 5.75 Å². The Morgan fingerprint density at radius 1 is 1.26 bits per heavy atom. The fourth-order valence-corrected chi connectivity index (χ4v) is 3.73. The zero-order valence-corrected chi connectivity index (χ0v) is 17.6. The van der Waals surface area contributed by atoms with E-state index in [0.29, 0.717) is 15.9 Å². The molecule has 0 radical (unpaired) electrons. The number of aryl methyl sites for hydroxylation is 1. The second-order valence-electron chi connectivity index (χ2n) is 6.78. The summed E-state index contributed by atoms with van der Waals surface area (Å²) in [6.45, 7) is 5.00. The lowest BCUT2D eigenvalue weighted by molar-refractivity contribution is 0.348. The third-order valence-corrected chi connectivity index (χ3v) is 5.18. The third kappa shape index (κ3) is 4.20. The maximum Gasteiger partial charge on any atom is 0.174 e. The van der Waals surface area contributed by atoms with Crippen molar-refractivity contribution in [3.63, 3.8) is 0 Å². The predicted molar refractivity (Wildman–Crippen MR) is 118 cm³/mol. The monoisotopic (exact) mass is 401 g/mol. The normalized spacial score (nSPS) is 11.0. The Kier molecular flexibility index (Phi) is 5.92. The van der Waals surface area contributed by atoms with Crippen LogP contribution in [0.25, 0.3) is 10.9 Å². The standard InChI is InChI=1S/C21H24ClN3OS/c1-14(2)25(13-15-12-24(3)19-8-6-5-7-17(15)19)21(27)23-18-10-9-16(22)11-20(18)26-4/h5-12,14H,13H2,1-4H3,(H,23,27). The lowest BCUT2D eigenvalue weighted by atomic mass is 10.1. The number of anilines is 1. The van der Waals surface area contributed by atoms with E-state index in [1.807, 2.05) is 12.1 Å². The number of thiocarbonyl (C=S) groups is 1. The lowest BCUT2D eigenvalue weighted by Gasteiger charge is -2.30. The van der Waals surface area contributed by atoms with Crippen molar-refractivity contribution in [1.29, 1.82) is 0 Å². The lowest BCUT2D eigenvalue weighted by Crippen LogP contribution is -2.39. The molecule has 0 saturated heterocycles. The Morgan fingerprint density at radius 2 is 2.00 bits per heavy atom. The van der Waals surface area contributed by atoms with Gasteiger partial charge in [0.1, 0.15) is 5.75 Å². The van der Waals surface area contributed by atoms with Crippen molar-refractivity contribution < 1.29 is 4.74 Å². The van der Waals surface area contributed by atoms with Crippen LogP contribution in [0.4, 0.5) is 5.69 Å². The predicted octanol–water partition coefficient (Wildman–Crippen LogP) is 5.45. The molecule has 0 spiro atoms. The zero-order valence-electron chi connectivity index (χ0n) is 16.0. The van der Waals surface area contributed by atoms with E-state index < -0.39 is 0 Å². The summed E-state index contributed by atoms with van der Waals surface area (Å²) in [7, 11) is 3.69. The summed E-state index contributed by atoms with van der Waals surface area (Å²) >= 11 is 11.8. The summed E-state index contributed by atoms with van der Waals surface area (Å²) < 4.78 is 7.57. The number of ether oxygens (including phenoxy) is 1. The van der Waals surface area contributed by atoms with Gasteiger partial charge in [0.05, 0.1) is 12.8 Å². The number of benzene rings is 2. The second kappa shape index (κ2) is 8.19. The molecule has 3 rings (SSSR count). The molecule has 0 atom stereocenters. The highest BCUT2D eigenvalue weighted by Crippen LogP contribution is 2.29. The fourth-order valence-electron chi connectivity index (χ4n) is 3.18. The maximum atomic E-state index is 6.06. The van der Waals surface area contributed by atoms with E-state index in [-0.39, 0.29) is 6.04 Å². The molecule has 3 aromatic rings. The minimum Gasteiger partial charge on any atom is -0.495 e. The highest BCUT2D eigenvalue weighted by atomic mass is 35.5. The molecule has 6 heteroatoms. The van der Waals surface area contributed by atoms with Crippen molar-refractivity contribution in [2.24, 2.45) is 7.05 Å². The Labute approximate surface area is 170 Å². The molecule has 0 amide bonds. The van der Waals surface area contributed by atoms with Gasteiger partial charge in [-0.15, -0.1) is 0 Å². The first kappa shape index (κ1) is 19.5. The summed E-state index contributed by atoms with van der Waals surface area (Å²) in [5.74, 6) is 0.665. The van der Waals surface area contributed by atoms with Crippen LogP contribution in [-0.2, 0) is 13.6 Å². The summed E-state index contributed by atoms with van der Waals surface area (Å²) in [4.78, 5) is 2.17. The number of hydrogen-bond donors (Lipinski definition) is 1. The largest absolute Gasteiger partial charge is 0.495 e. The number of fused-ring (bicyclic) bond motifs is 1. The van der Waals surface area contributed by atoms with Gasteiger partial charge in [0.25, 0.3) is 0 Å². The quantitative estimate of drug-likeness (QED) is 0.576. The van der Waals surface area contributed by atoms with Gasteiger partial charge in [-0.05, 0) is 49.8 Å². The smallest absolute Gasteiger partial charge is 0.174 e. The van der Waals surface area contributed by atoms with Gasteiger partial charge in [0.2, 0.25) is 0 Å². The van der Waals surface area contributed by atoms with Gasteiger partial charge >= 0.3 is 0 Å². The van der Waals surface area contributed by atoms with Crippen LogP contribution in [-0.4, -0.2) is 27.7 Å². The van der Waals surface area contributed by atoms with E-state index >= 15 is 0 Å². The van der Waals surface area contributed by atoms with E-state index in [9.17, 15) is 0 Å². The highest BCUT2D eigenvalue weighted by molar-refractivity contribution is 7.80. The third-order valence-electron chi connectivity index (χ3n) is 4.61. The average molecular weight is 402 g/mol. The Balaban J connectivity index is 1.86. The minimum absolute atomic E-state index is 0.238. The Hall–Kier alpha value is -2.24. The molecule has 1 N–H and O–H groups in total. The maximum absolute atomic E-state index is 6.06. The van der Waals surface area contributed by atoms with Crippen LogP contribution in [0.2, 0.25) is 5.02 Å². The number of nitrogens with zero attached hydrogens (tertiary/aromatic N) is 2. The summed E-state index contributed by atoms with van der Waals surface area (Å²) in [6.07, 6.45) is 2.17. The Morgan fingerprint density at radius 3 is 2.70 bits per heavy atom. The molecule has 0 aliphatic heterocycles. The van der Waals surface area contributed by atoms with Crippen LogP contribution in [0.15, 0.2) is 48.7 Å². The molecule has 0 unspecified atom stereocenters. The number of nitrogens with one attached hydrogen (secondary N) is 1. The van der Waals surface area contributed by atoms with Gasteiger partial charge in [-0.3, -0.25) is 0 Å². The van der Waals surface area contributed by atoms with Gasteiger partial charge in [0, 0.05) is 47.8 Å². The van der Waals surface area contributed by atoms with Crippen molar-refractivity contribution in [3.05, 3.63) is 59.2 Å². The summed E-state index contributed by atoms with van der Waals surface area (Å²) in [6, 6.07) is 14.1. The van der Waals surface area contributed by atoms with Crippen LogP contribution in [0.1, 0.15) is 19.4 Å².